The lowest BCUT2D eigenvalue weighted by atomic mass is 10.1. The number of aromatic hydroxyl groups is 1. The lowest BCUT2D eigenvalue weighted by Crippen LogP contribution is -1.79. The van der Waals surface area contributed by atoms with Gasteiger partial charge in [-0.1, -0.05) is 18.2 Å². The number of nitrogens with zero attached hydrogens (tertiary/aromatic N) is 1. The summed E-state index contributed by atoms with van der Waals surface area (Å²) in [4.78, 5) is 4.38. The van der Waals surface area contributed by atoms with Gasteiger partial charge in [0, 0.05) is 5.56 Å². The molecule has 3 heteroatoms. The van der Waals surface area contributed by atoms with Crippen LogP contribution >= 0.6 is 0 Å². The normalized spacial score (nSPS) is 10.9. The van der Waals surface area contributed by atoms with E-state index in [9.17, 15) is 5.11 Å². The molecule has 0 fully saturated rings. The summed E-state index contributed by atoms with van der Waals surface area (Å²) in [5.41, 5.74) is 3.19. The van der Waals surface area contributed by atoms with Crippen molar-refractivity contribution < 1.29 is 9.52 Å². The van der Waals surface area contributed by atoms with Crippen LogP contribution < -0.4 is 0 Å². The molecule has 1 N–H and O–H groups in total. The third kappa shape index (κ3) is 1.65. The summed E-state index contributed by atoms with van der Waals surface area (Å²) in [5.74, 6) is 0.784. The first-order valence-electron chi connectivity index (χ1n) is 5.39. The highest BCUT2D eigenvalue weighted by molar-refractivity contribution is 5.76. The van der Waals surface area contributed by atoms with Crippen LogP contribution in [0.4, 0.5) is 0 Å². The highest BCUT2D eigenvalue weighted by Gasteiger charge is 2.08. The third-order valence-electron chi connectivity index (χ3n) is 2.75. The van der Waals surface area contributed by atoms with Gasteiger partial charge >= 0.3 is 0 Å². The zero-order valence-electron chi connectivity index (χ0n) is 9.34. The predicted octanol–water partition coefficient (Wildman–Crippen LogP) is 3.51. The minimum Gasteiger partial charge on any atom is -0.508 e. The maximum Gasteiger partial charge on any atom is 0.227 e. The Kier molecular flexibility index (Phi) is 2.11. The van der Waals surface area contributed by atoms with E-state index in [1.54, 1.807) is 6.07 Å². The van der Waals surface area contributed by atoms with Crippen LogP contribution in [0, 0.1) is 6.92 Å². The Labute approximate surface area is 98.3 Å². The third-order valence-corrected chi connectivity index (χ3v) is 2.75. The van der Waals surface area contributed by atoms with Crippen molar-refractivity contribution in [2.45, 2.75) is 6.92 Å². The van der Waals surface area contributed by atoms with Crippen molar-refractivity contribution >= 4 is 11.1 Å². The standard InChI is InChI=1S/C14H11NO2/c1-9-6-7-10(8-12(9)16)14-15-11-4-2-3-5-13(11)17-14/h2-8,16H,1H3. The molecule has 0 spiro atoms. The Balaban J connectivity index is 2.17. The first-order valence-corrected chi connectivity index (χ1v) is 5.39. The van der Waals surface area contributed by atoms with Crippen molar-refractivity contribution in [1.82, 2.24) is 4.98 Å². The molecule has 2 aromatic carbocycles. The fourth-order valence-electron chi connectivity index (χ4n) is 1.74. The average Bonchev–Trinajstić information content (AvgIpc) is 2.76. The van der Waals surface area contributed by atoms with Gasteiger partial charge in [0.1, 0.15) is 11.3 Å². The van der Waals surface area contributed by atoms with Crippen LogP contribution in [0.5, 0.6) is 5.75 Å². The average molecular weight is 225 g/mol. The van der Waals surface area contributed by atoms with Gasteiger partial charge in [-0.15, -0.1) is 0 Å². The quantitative estimate of drug-likeness (QED) is 0.689. The van der Waals surface area contributed by atoms with Gasteiger partial charge in [-0.2, -0.15) is 0 Å². The number of phenolic OH excluding ortho intramolecular Hbond substituents is 1. The van der Waals surface area contributed by atoms with Crippen LogP contribution in [0.2, 0.25) is 0 Å². The highest BCUT2D eigenvalue weighted by Crippen LogP contribution is 2.28. The molecule has 0 saturated heterocycles. The fraction of sp³-hybridized carbons (Fsp3) is 0.0714. The number of hydrogen-bond acceptors (Lipinski definition) is 3. The van der Waals surface area contributed by atoms with Crippen LogP contribution in [0.25, 0.3) is 22.6 Å². The topological polar surface area (TPSA) is 46.3 Å². The predicted molar refractivity (Wildman–Crippen MR) is 65.8 cm³/mol. The number of rotatable bonds is 1. The first-order chi connectivity index (χ1) is 8.24. The summed E-state index contributed by atoms with van der Waals surface area (Å²) in [5, 5.41) is 9.67. The SMILES string of the molecule is Cc1ccc(-c2nc3ccccc3o2)cc1O. The molecule has 3 aromatic rings. The molecule has 1 aromatic heterocycles. The monoisotopic (exact) mass is 225 g/mol. The lowest BCUT2D eigenvalue weighted by Gasteiger charge is -1.99. The van der Waals surface area contributed by atoms with Crippen molar-refractivity contribution in [3.05, 3.63) is 48.0 Å². The molecule has 0 unspecified atom stereocenters. The van der Waals surface area contributed by atoms with Crippen molar-refractivity contribution in [2.24, 2.45) is 0 Å². The molecule has 84 valence electrons. The summed E-state index contributed by atoms with van der Waals surface area (Å²) < 4.78 is 5.63. The van der Waals surface area contributed by atoms with Crippen molar-refractivity contribution in [2.75, 3.05) is 0 Å². The van der Waals surface area contributed by atoms with Crippen LogP contribution in [-0.2, 0) is 0 Å². The summed E-state index contributed by atoms with van der Waals surface area (Å²) in [6, 6.07) is 13.0. The molecule has 0 bridgehead atoms. The number of fused-ring (bicyclic) bond motifs is 1. The Hall–Kier alpha value is -2.29. The van der Waals surface area contributed by atoms with E-state index in [-0.39, 0.29) is 5.75 Å². The van der Waals surface area contributed by atoms with Gasteiger partial charge in [-0.3, -0.25) is 0 Å². The molecule has 1 heterocycles. The number of hydrogen-bond donors (Lipinski definition) is 1. The van der Waals surface area contributed by atoms with E-state index in [1.165, 1.54) is 0 Å². The molecule has 3 rings (SSSR count). The Morgan fingerprint density at radius 3 is 2.71 bits per heavy atom. The van der Waals surface area contributed by atoms with Crippen molar-refractivity contribution in [3.63, 3.8) is 0 Å². The fourth-order valence-corrected chi connectivity index (χ4v) is 1.74. The van der Waals surface area contributed by atoms with E-state index < -0.39 is 0 Å². The summed E-state index contributed by atoms with van der Waals surface area (Å²) in [6.07, 6.45) is 0. The summed E-state index contributed by atoms with van der Waals surface area (Å²) in [7, 11) is 0. The number of benzene rings is 2. The van der Waals surface area contributed by atoms with E-state index in [2.05, 4.69) is 4.98 Å². The van der Waals surface area contributed by atoms with Crippen LogP contribution in [0.1, 0.15) is 5.56 Å². The Bertz CT molecular complexity index is 653. The van der Waals surface area contributed by atoms with E-state index in [0.29, 0.717) is 5.89 Å². The van der Waals surface area contributed by atoms with Gasteiger partial charge < -0.3 is 9.52 Å². The second kappa shape index (κ2) is 3.63. The van der Waals surface area contributed by atoms with Gasteiger partial charge in [0.05, 0.1) is 0 Å². The van der Waals surface area contributed by atoms with E-state index in [1.807, 2.05) is 43.3 Å². The summed E-state index contributed by atoms with van der Waals surface area (Å²) in [6.45, 7) is 1.85. The van der Waals surface area contributed by atoms with Crippen molar-refractivity contribution in [1.29, 1.82) is 0 Å². The molecular weight excluding hydrogens is 214 g/mol. The number of para-hydroxylation sites is 2. The second-order valence-corrected chi connectivity index (χ2v) is 3.99. The van der Waals surface area contributed by atoms with Gasteiger partial charge in [-0.05, 0) is 36.8 Å². The molecule has 0 aliphatic carbocycles. The first kappa shape index (κ1) is 9.90. The van der Waals surface area contributed by atoms with Gasteiger partial charge in [0.2, 0.25) is 5.89 Å². The van der Waals surface area contributed by atoms with E-state index in [0.717, 1.165) is 22.2 Å². The minimum atomic E-state index is 0.254. The lowest BCUT2D eigenvalue weighted by molar-refractivity contribution is 0.471. The zero-order chi connectivity index (χ0) is 11.8. The molecular formula is C14H11NO2. The minimum absolute atomic E-state index is 0.254. The molecule has 0 saturated carbocycles. The molecule has 17 heavy (non-hydrogen) atoms. The smallest absolute Gasteiger partial charge is 0.227 e. The van der Waals surface area contributed by atoms with Gasteiger partial charge in [0.25, 0.3) is 0 Å². The van der Waals surface area contributed by atoms with E-state index >= 15 is 0 Å². The second-order valence-electron chi connectivity index (χ2n) is 3.99. The van der Waals surface area contributed by atoms with Gasteiger partial charge in [-0.25, -0.2) is 4.98 Å². The van der Waals surface area contributed by atoms with Crippen LogP contribution in [0.3, 0.4) is 0 Å². The Morgan fingerprint density at radius 1 is 1.12 bits per heavy atom. The number of oxazole rings is 1. The number of aryl methyl sites for hydroxylation is 1. The van der Waals surface area contributed by atoms with Gasteiger partial charge in [0.15, 0.2) is 5.58 Å². The maximum absolute atomic E-state index is 9.67. The highest BCUT2D eigenvalue weighted by atomic mass is 16.3. The molecule has 0 aliphatic rings. The molecule has 0 atom stereocenters. The zero-order valence-corrected chi connectivity index (χ0v) is 9.34. The van der Waals surface area contributed by atoms with Crippen LogP contribution in [0.15, 0.2) is 46.9 Å². The van der Waals surface area contributed by atoms with Crippen LogP contribution in [-0.4, -0.2) is 10.1 Å². The number of aromatic nitrogens is 1. The van der Waals surface area contributed by atoms with E-state index in [4.69, 9.17) is 4.42 Å². The molecule has 0 aliphatic heterocycles. The van der Waals surface area contributed by atoms with Crippen molar-refractivity contribution in [3.8, 4) is 17.2 Å². The molecule has 0 radical (unpaired) electrons. The Morgan fingerprint density at radius 2 is 1.94 bits per heavy atom. The molecule has 0 amide bonds. The maximum atomic E-state index is 9.67. The largest absolute Gasteiger partial charge is 0.508 e. The molecule has 3 nitrogen and oxygen atoms in total. The number of phenols is 1. The summed E-state index contributed by atoms with van der Waals surface area (Å²) >= 11 is 0.